The summed E-state index contributed by atoms with van der Waals surface area (Å²) in [6.07, 6.45) is 6.95. The van der Waals surface area contributed by atoms with E-state index in [-0.39, 0.29) is 17.7 Å². The van der Waals surface area contributed by atoms with Crippen LogP contribution in [0.1, 0.15) is 32.9 Å². The number of thioether (sulfide) groups is 1. The van der Waals surface area contributed by atoms with Gasteiger partial charge in [0.05, 0.1) is 24.1 Å². The van der Waals surface area contributed by atoms with Crippen LogP contribution in [0, 0.1) is 33.1 Å². The molecule has 1 fully saturated rings. The van der Waals surface area contributed by atoms with Crippen molar-refractivity contribution in [3.05, 3.63) is 57.2 Å². The molecule has 0 N–H and O–H groups in total. The van der Waals surface area contributed by atoms with Gasteiger partial charge in [-0.25, -0.2) is 4.79 Å². The van der Waals surface area contributed by atoms with Crippen LogP contribution in [0.4, 0.5) is 4.79 Å². The van der Waals surface area contributed by atoms with Gasteiger partial charge in [0.1, 0.15) is 0 Å². The van der Waals surface area contributed by atoms with Gasteiger partial charge in [-0.05, 0) is 67.9 Å². The first-order valence-electron chi connectivity index (χ1n) is 8.86. The minimum absolute atomic E-state index is 0.0411. The Bertz CT molecular complexity index is 1100. The van der Waals surface area contributed by atoms with E-state index in [2.05, 4.69) is 5.92 Å². The summed E-state index contributed by atoms with van der Waals surface area (Å²) in [6.45, 7) is 5.69. The molecule has 1 saturated heterocycles. The summed E-state index contributed by atoms with van der Waals surface area (Å²) in [4.78, 5) is 37.9. The quantitative estimate of drug-likeness (QED) is 0.437. The van der Waals surface area contributed by atoms with E-state index in [4.69, 9.17) is 11.2 Å². The molecule has 148 valence electrons. The highest BCUT2D eigenvalue weighted by molar-refractivity contribution is 8.18. The Morgan fingerprint density at radius 1 is 1.28 bits per heavy atom. The number of carbonyl (C=O) groups excluding carboxylic acids is 3. The number of hydrogen-bond donors (Lipinski definition) is 0. The van der Waals surface area contributed by atoms with Gasteiger partial charge in [0, 0.05) is 17.1 Å². The molecule has 1 aliphatic heterocycles. The van der Waals surface area contributed by atoms with Gasteiger partial charge in [0.15, 0.2) is 0 Å². The predicted octanol–water partition coefficient (Wildman–Crippen LogP) is 3.86. The number of carbonyl (C=O) groups is 3. The number of nitrogens with zero attached hydrogens (tertiary/aromatic N) is 2. The van der Waals surface area contributed by atoms with E-state index in [1.165, 1.54) is 7.11 Å². The summed E-state index contributed by atoms with van der Waals surface area (Å²) < 4.78 is 6.88. The SMILES string of the molecule is C#CCN1C(=O)S/C(=C\c2cc(C)n(-c3cccc(C(=O)OC)c3C)c2C)C1=O. The zero-order valence-electron chi connectivity index (χ0n) is 16.6. The summed E-state index contributed by atoms with van der Waals surface area (Å²) in [5.41, 5.74) is 4.77. The molecule has 1 aromatic carbocycles. The van der Waals surface area contributed by atoms with Crippen molar-refractivity contribution in [1.29, 1.82) is 0 Å². The van der Waals surface area contributed by atoms with Gasteiger partial charge in [0.2, 0.25) is 0 Å². The van der Waals surface area contributed by atoms with Crippen LogP contribution in [0.5, 0.6) is 0 Å². The van der Waals surface area contributed by atoms with Gasteiger partial charge < -0.3 is 9.30 Å². The first kappa shape index (κ1) is 20.5. The Morgan fingerprint density at radius 2 is 2.00 bits per heavy atom. The van der Waals surface area contributed by atoms with Gasteiger partial charge in [-0.3, -0.25) is 14.5 Å². The van der Waals surface area contributed by atoms with Crippen molar-refractivity contribution < 1.29 is 19.1 Å². The largest absolute Gasteiger partial charge is 0.465 e. The van der Waals surface area contributed by atoms with Gasteiger partial charge in [-0.1, -0.05) is 12.0 Å². The molecule has 2 heterocycles. The Labute approximate surface area is 173 Å². The molecule has 3 rings (SSSR count). The van der Waals surface area contributed by atoms with Crippen LogP contribution in [0.15, 0.2) is 29.2 Å². The molecule has 0 unspecified atom stereocenters. The highest BCUT2D eigenvalue weighted by Crippen LogP contribution is 2.34. The number of methoxy groups -OCH3 is 1. The molecule has 6 nitrogen and oxygen atoms in total. The van der Waals surface area contributed by atoms with E-state index < -0.39 is 5.97 Å². The molecule has 0 spiro atoms. The number of benzene rings is 1. The molecule has 0 bridgehead atoms. The molecule has 1 aliphatic rings. The Hall–Kier alpha value is -3.24. The molecular weight excluding hydrogens is 388 g/mol. The summed E-state index contributed by atoms with van der Waals surface area (Å²) in [6, 6.07) is 7.39. The highest BCUT2D eigenvalue weighted by atomic mass is 32.2. The lowest BCUT2D eigenvalue weighted by molar-refractivity contribution is -0.122. The Balaban J connectivity index is 2.06. The second-order valence-corrected chi connectivity index (χ2v) is 7.57. The van der Waals surface area contributed by atoms with E-state index in [0.717, 1.165) is 44.9 Å². The normalized spacial score (nSPS) is 15.1. The number of hydrogen-bond acceptors (Lipinski definition) is 5. The van der Waals surface area contributed by atoms with Crippen molar-refractivity contribution in [2.75, 3.05) is 13.7 Å². The van der Waals surface area contributed by atoms with Crippen LogP contribution in [-0.2, 0) is 9.53 Å². The summed E-state index contributed by atoms with van der Waals surface area (Å²) >= 11 is 0.881. The predicted molar refractivity (Wildman–Crippen MR) is 113 cm³/mol. The molecule has 0 radical (unpaired) electrons. The fraction of sp³-hybridized carbons (Fsp3) is 0.227. The van der Waals surface area contributed by atoms with Crippen molar-refractivity contribution in [2.24, 2.45) is 0 Å². The Kier molecular flexibility index (Phi) is 5.66. The van der Waals surface area contributed by atoms with Crippen molar-refractivity contribution in [1.82, 2.24) is 9.47 Å². The summed E-state index contributed by atoms with van der Waals surface area (Å²) in [5.74, 6) is 1.55. The van der Waals surface area contributed by atoms with E-state index in [1.54, 1.807) is 18.2 Å². The van der Waals surface area contributed by atoms with Crippen molar-refractivity contribution in [3.8, 4) is 18.0 Å². The topological polar surface area (TPSA) is 68.6 Å². The standard InChI is InChI=1S/C22H20N2O4S/c1-6-10-23-20(25)19(29-22(23)27)12-16-11-13(2)24(15(16)4)18-9-7-8-17(14(18)3)21(26)28-5/h1,7-9,11-12H,10H2,2-5H3/b19-12-. The minimum atomic E-state index is -0.394. The number of terminal acetylenes is 1. The lowest BCUT2D eigenvalue weighted by atomic mass is 10.1. The number of esters is 1. The third-order valence-electron chi connectivity index (χ3n) is 4.83. The van der Waals surface area contributed by atoms with E-state index in [1.807, 2.05) is 37.5 Å². The van der Waals surface area contributed by atoms with Gasteiger partial charge >= 0.3 is 5.97 Å². The van der Waals surface area contributed by atoms with Crippen molar-refractivity contribution in [2.45, 2.75) is 20.8 Å². The van der Waals surface area contributed by atoms with Crippen molar-refractivity contribution >= 4 is 35.0 Å². The van der Waals surface area contributed by atoms with Gasteiger partial charge in [-0.2, -0.15) is 0 Å². The monoisotopic (exact) mass is 408 g/mol. The molecule has 2 amide bonds. The molecular formula is C22H20N2O4S. The maximum atomic E-state index is 12.5. The highest BCUT2D eigenvalue weighted by Gasteiger charge is 2.34. The number of amides is 2. The number of aromatic nitrogens is 1. The number of rotatable bonds is 4. The molecule has 2 aromatic rings. The summed E-state index contributed by atoms with van der Waals surface area (Å²) in [7, 11) is 1.35. The minimum Gasteiger partial charge on any atom is -0.465 e. The second kappa shape index (κ2) is 8.02. The zero-order valence-corrected chi connectivity index (χ0v) is 17.4. The molecule has 29 heavy (non-hydrogen) atoms. The van der Waals surface area contributed by atoms with E-state index in [0.29, 0.717) is 10.5 Å². The zero-order chi connectivity index (χ0) is 21.3. The van der Waals surface area contributed by atoms with Crippen LogP contribution in [0.3, 0.4) is 0 Å². The smallest absolute Gasteiger partial charge is 0.338 e. The average molecular weight is 408 g/mol. The molecule has 0 aliphatic carbocycles. The van der Waals surface area contributed by atoms with Crippen LogP contribution in [-0.4, -0.2) is 40.2 Å². The van der Waals surface area contributed by atoms with E-state index in [9.17, 15) is 14.4 Å². The number of aryl methyl sites for hydroxylation is 1. The first-order valence-corrected chi connectivity index (χ1v) is 9.67. The van der Waals surface area contributed by atoms with Gasteiger partial charge in [-0.15, -0.1) is 6.42 Å². The second-order valence-electron chi connectivity index (χ2n) is 6.58. The average Bonchev–Trinajstić information content (AvgIpc) is 3.11. The maximum Gasteiger partial charge on any atom is 0.338 e. The Morgan fingerprint density at radius 3 is 2.66 bits per heavy atom. The summed E-state index contributed by atoms with van der Waals surface area (Å²) in [5, 5.41) is -0.366. The van der Waals surface area contributed by atoms with Crippen molar-refractivity contribution in [3.63, 3.8) is 0 Å². The number of ether oxygens (including phenoxy) is 1. The molecule has 0 saturated carbocycles. The van der Waals surface area contributed by atoms with Crippen LogP contribution in [0.25, 0.3) is 11.8 Å². The van der Waals surface area contributed by atoms with Crippen LogP contribution >= 0.6 is 11.8 Å². The molecule has 1 aromatic heterocycles. The third kappa shape index (κ3) is 3.59. The first-order chi connectivity index (χ1) is 13.8. The maximum absolute atomic E-state index is 12.5. The van der Waals surface area contributed by atoms with E-state index >= 15 is 0 Å². The fourth-order valence-electron chi connectivity index (χ4n) is 3.37. The lowest BCUT2D eigenvalue weighted by Gasteiger charge is -2.15. The third-order valence-corrected chi connectivity index (χ3v) is 5.74. The number of imide groups is 1. The van der Waals surface area contributed by atoms with Gasteiger partial charge in [0.25, 0.3) is 11.1 Å². The fourth-order valence-corrected chi connectivity index (χ4v) is 4.20. The lowest BCUT2D eigenvalue weighted by Crippen LogP contribution is -2.28. The van der Waals surface area contributed by atoms with Crippen LogP contribution < -0.4 is 0 Å². The molecule has 7 heteroatoms. The van der Waals surface area contributed by atoms with Crippen LogP contribution in [0.2, 0.25) is 0 Å². The molecule has 0 atom stereocenters.